The number of aromatic nitrogens is 2. The average Bonchev–Trinajstić information content (AvgIpc) is 2.40. The number of benzene rings is 1. The van der Waals surface area contributed by atoms with E-state index >= 15 is 0 Å². The summed E-state index contributed by atoms with van der Waals surface area (Å²) in [4.78, 5) is 0. The van der Waals surface area contributed by atoms with Gasteiger partial charge in [0, 0.05) is 16.8 Å². The van der Waals surface area contributed by atoms with Crippen LogP contribution in [0, 0.1) is 0 Å². The number of nitrogens with zero attached hydrogens (tertiary/aromatic N) is 2. The number of rotatable bonds is 2. The fourth-order valence-electron chi connectivity index (χ4n) is 2.17. The summed E-state index contributed by atoms with van der Waals surface area (Å²) in [7, 11) is 0. The summed E-state index contributed by atoms with van der Waals surface area (Å²) in [5.74, 6) is 3.42. The fraction of sp³-hybridized carbons (Fsp3) is 0.385. The highest BCUT2D eigenvalue weighted by atomic mass is 32.2. The first-order chi connectivity index (χ1) is 8.43. The van der Waals surface area contributed by atoms with Crippen LogP contribution in [0.1, 0.15) is 12.8 Å². The Morgan fingerprint density at radius 1 is 1.18 bits per heavy atom. The third kappa shape index (κ3) is 2.36. The topological polar surface area (TPSA) is 37.8 Å². The van der Waals surface area contributed by atoms with E-state index in [1.54, 1.807) is 0 Å². The molecule has 1 N–H and O–H groups in total. The third-order valence-electron chi connectivity index (χ3n) is 3.13. The Labute approximate surface area is 105 Å². The minimum absolute atomic E-state index is 0.552. The SMILES string of the molecule is c1ccc2c(NC3CCSCC3)nncc2c1. The quantitative estimate of drug-likeness (QED) is 0.882. The summed E-state index contributed by atoms with van der Waals surface area (Å²) >= 11 is 2.04. The number of thioether (sulfide) groups is 1. The molecule has 0 saturated carbocycles. The van der Waals surface area contributed by atoms with Crippen LogP contribution < -0.4 is 5.32 Å². The van der Waals surface area contributed by atoms with Gasteiger partial charge in [-0.2, -0.15) is 16.9 Å². The molecule has 1 saturated heterocycles. The van der Waals surface area contributed by atoms with E-state index in [4.69, 9.17) is 0 Å². The van der Waals surface area contributed by atoms with Crippen molar-refractivity contribution in [2.45, 2.75) is 18.9 Å². The predicted molar refractivity (Wildman–Crippen MR) is 73.5 cm³/mol. The van der Waals surface area contributed by atoms with E-state index in [0.29, 0.717) is 6.04 Å². The van der Waals surface area contributed by atoms with Gasteiger partial charge >= 0.3 is 0 Å². The van der Waals surface area contributed by atoms with Crippen LogP contribution in [-0.2, 0) is 0 Å². The van der Waals surface area contributed by atoms with Gasteiger partial charge in [0.15, 0.2) is 5.82 Å². The number of nitrogens with one attached hydrogen (secondary N) is 1. The van der Waals surface area contributed by atoms with Crippen LogP contribution in [0.3, 0.4) is 0 Å². The fourth-order valence-corrected chi connectivity index (χ4v) is 3.28. The van der Waals surface area contributed by atoms with Gasteiger partial charge in [0.05, 0.1) is 6.20 Å². The maximum atomic E-state index is 4.23. The minimum atomic E-state index is 0.552. The molecule has 1 aromatic carbocycles. The molecule has 2 heterocycles. The van der Waals surface area contributed by atoms with Crippen LogP contribution in [0.2, 0.25) is 0 Å². The van der Waals surface area contributed by atoms with E-state index in [-0.39, 0.29) is 0 Å². The standard InChI is InChI=1S/C13H15N3S/c1-2-4-12-10(3-1)9-14-16-13(12)15-11-5-7-17-8-6-11/h1-4,9,11H,5-8H2,(H,15,16). The molecule has 0 atom stereocenters. The summed E-state index contributed by atoms with van der Waals surface area (Å²) in [6.07, 6.45) is 4.25. The number of fused-ring (bicyclic) bond motifs is 1. The Hall–Kier alpha value is -1.29. The lowest BCUT2D eigenvalue weighted by Crippen LogP contribution is -2.25. The van der Waals surface area contributed by atoms with Gasteiger partial charge in [0.2, 0.25) is 0 Å². The van der Waals surface area contributed by atoms with Crippen molar-refractivity contribution in [1.82, 2.24) is 10.2 Å². The molecule has 3 rings (SSSR count). The maximum Gasteiger partial charge on any atom is 0.156 e. The van der Waals surface area contributed by atoms with Crippen LogP contribution in [0.4, 0.5) is 5.82 Å². The Morgan fingerprint density at radius 3 is 2.88 bits per heavy atom. The molecule has 0 unspecified atom stereocenters. The Bertz CT molecular complexity index is 503. The zero-order chi connectivity index (χ0) is 11.5. The monoisotopic (exact) mass is 245 g/mol. The van der Waals surface area contributed by atoms with Gasteiger partial charge in [0.1, 0.15) is 0 Å². The highest BCUT2D eigenvalue weighted by Crippen LogP contribution is 2.24. The summed E-state index contributed by atoms with van der Waals surface area (Å²) < 4.78 is 0. The highest BCUT2D eigenvalue weighted by Gasteiger charge is 2.14. The van der Waals surface area contributed by atoms with Gasteiger partial charge in [-0.15, -0.1) is 5.10 Å². The van der Waals surface area contributed by atoms with E-state index in [0.717, 1.165) is 11.2 Å². The van der Waals surface area contributed by atoms with Gasteiger partial charge in [0.25, 0.3) is 0 Å². The lowest BCUT2D eigenvalue weighted by molar-refractivity contribution is 0.663. The zero-order valence-corrected chi connectivity index (χ0v) is 10.4. The van der Waals surface area contributed by atoms with Gasteiger partial charge < -0.3 is 5.32 Å². The highest BCUT2D eigenvalue weighted by molar-refractivity contribution is 7.99. The van der Waals surface area contributed by atoms with Crippen molar-refractivity contribution in [2.75, 3.05) is 16.8 Å². The van der Waals surface area contributed by atoms with E-state index in [1.165, 1.54) is 29.7 Å². The van der Waals surface area contributed by atoms with Gasteiger partial charge in [-0.05, 0) is 24.3 Å². The number of anilines is 1. The van der Waals surface area contributed by atoms with Gasteiger partial charge in [-0.3, -0.25) is 0 Å². The Morgan fingerprint density at radius 2 is 2.00 bits per heavy atom. The van der Waals surface area contributed by atoms with Gasteiger partial charge in [-0.1, -0.05) is 24.3 Å². The molecule has 1 aliphatic rings. The first kappa shape index (κ1) is 10.8. The van der Waals surface area contributed by atoms with Crippen LogP contribution in [0.25, 0.3) is 10.8 Å². The second-order valence-electron chi connectivity index (χ2n) is 4.31. The molecule has 0 radical (unpaired) electrons. The van der Waals surface area contributed by atoms with Crippen molar-refractivity contribution in [3.05, 3.63) is 30.5 Å². The molecule has 1 fully saturated rings. The van der Waals surface area contributed by atoms with Crippen LogP contribution in [0.15, 0.2) is 30.5 Å². The summed E-state index contributed by atoms with van der Waals surface area (Å²) in [6.45, 7) is 0. The molecule has 0 amide bonds. The van der Waals surface area contributed by atoms with E-state index in [9.17, 15) is 0 Å². The number of hydrogen-bond acceptors (Lipinski definition) is 4. The van der Waals surface area contributed by atoms with Crippen LogP contribution in [-0.4, -0.2) is 27.7 Å². The molecule has 0 spiro atoms. The minimum Gasteiger partial charge on any atom is -0.365 e. The van der Waals surface area contributed by atoms with Crippen molar-refractivity contribution in [1.29, 1.82) is 0 Å². The normalized spacial score (nSPS) is 17.2. The molecule has 0 bridgehead atoms. The first-order valence-corrected chi connectivity index (χ1v) is 7.14. The first-order valence-electron chi connectivity index (χ1n) is 5.98. The molecule has 17 heavy (non-hydrogen) atoms. The lowest BCUT2D eigenvalue weighted by atomic mass is 10.1. The second-order valence-corrected chi connectivity index (χ2v) is 5.54. The molecule has 1 aromatic heterocycles. The molecule has 4 heteroatoms. The summed E-state index contributed by atoms with van der Waals surface area (Å²) in [5.41, 5.74) is 0. The van der Waals surface area contributed by atoms with E-state index in [1.807, 2.05) is 30.1 Å². The smallest absolute Gasteiger partial charge is 0.156 e. The van der Waals surface area contributed by atoms with E-state index in [2.05, 4.69) is 27.6 Å². The van der Waals surface area contributed by atoms with Crippen molar-refractivity contribution in [3.63, 3.8) is 0 Å². The molecule has 0 aliphatic carbocycles. The molecule has 3 nitrogen and oxygen atoms in total. The largest absolute Gasteiger partial charge is 0.365 e. The zero-order valence-electron chi connectivity index (χ0n) is 9.60. The second kappa shape index (κ2) is 4.92. The van der Waals surface area contributed by atoms with Crippen molar-refractivity contribution in [3.8, 4) is 0 Å². The van der Waals surface area contributed by atoms with Crippen molar-refractivity contribution in [2.24, 2.45) is 0 Å². The molecular weight excluding hydrogens is 230 g/mol. The third-order valence-corrected chi connectivity index (χ3v) is 4.18. The average molecular weight is 245 g/mol. The van der Waals surface area contributed by atoms with E-state index < -0.39 is 0 Å². The summed E-state index contributed by atoms with van der Waals surface area (Å²) in [5, 5.41) is 14.1. The Kier molecular flexibility index (Phi) is 3.14. The van der Waals surface area contributed by atoms with Crippen molar-refractivity contribution >= 4 is 28.4 Å². The maximum absolute atomic E-state index is 4.23. The molecular formula is C13H15N3S. The van der Waals surface area contributed by atoms with Crippen LogP contribution >= 0.6 is 11.8 Å². The molecule has 1 aliphatic heterocycles. The molecule has 88 valence electrons. The molecule has 2 aromatic rings. The summed E-state index contributed by atoms with van der Waals surface area (Å²) in [6, 6.07) is 8.81. The predicted octanol–water partition coefficient (Wildman–Crippen LogP) is 2.94. The Balaban J connectivity index is 1.89. The lowest BCUT2D eigenvalue weighted by Gasteiger charge is -2.23. The number of hydrogen-bond donors (Lipinski definition) is 1. The van der Waals surface area contributed by atoms with Gasteiger partial charge in [-0.25, -0.2) is 0 Å². The van der Waals surface area contributed by atoms with Crippen LogP contribution in [0.5, 0.6) is 0 Å². The van der Waals surface area contributed by atoms with Crippen molar-refractivity contribution < 1.29 is 0 Å².